The van der Waals surface area contributed by atoms with Gasteiger partial charge in [-0.25, -0.2) is 0 Å². The fourth-order valence-corrected chi connectivity index (χ4v) is 2.51. The van der Waals surface area contributed by atoms with Crippen LogP contribution in [0.3, 0.4) is 0 Å². The Morgan fingerprint density at radius 1 is 1.53 bits per heavy atom. The number of rotatable bonds is 4. The molecule has 1 heterocycles. The Balaban J connectivity index is 1.89. The van der Waals surface area contributed by atoms with Gasteiger partial charge >= 0.3 is 0 Å². The summed E-state index contributed by atoms with van der Waals surface area (Å²) in [5, 5.41) is 13.5. The zero-order valence-electron chi connectivity index (χ0n) is 10.2. The molecule has 1 amide bonds. The summed E-state index contributed by atoms with van der Waals surface area (Å²) in [6.07, 6.45) is 0.357. The van der Waals surface area contributed by atoms with Crippen LogP contribution >= 0.6 is 23.2 Å². The van der Waals surface area contributed by atoms with E-state index in [1.54, 1.807) is 18.2 Å². The molecular formula is C13H15Cl2NO3. The second kappa shape index (κ2) is 6.57. The molecule has 2 rings (SSSR count). The van der Waals surface area contributed by atoms with Crippen LogP contribution in [0.5, 0.6) is 0 Å². The van der Waals surface area contributed by atoms with Gasteiger partial charge in [0.15, 0.2) is 0 Å². The molecule has 1 aromatic rings. The highest BCUT2D eigenvalue weighted by Crippen LogP contribution is 2.26. The molecule has 1 aliphatic heterocycles. The van der Waals surface area contributed by atoms with Crippen molar-refractivity contribution in [3.05, 3.63) is 33.8 Å². The van der Waals surface area contributed by atoms with Gasteiger partial charge in [-0.1, -0.05) is 29.3 Å². The lowest BCUT2D eigenvalue weighted by molar-refractivity contribution is -0.130. The number of nitrogens with one attached hydrogen (secondary N) is 1. The molecule has 0 bridgehead atoms. The molecule has 1 saturated heterocycles. The van der Waals surface area contributed by atoms with Crippen molar-refractivity contribution in [3.8, 4) is 0 Å². The van der Waals surface area contributed by atoms with E-state index in [0.29, 0.717) is 22.2 Å². The van der Waals surface area contributed by atoms with E-state index in [4.69, 9.17) is 27.9 Å². The van der Waals surface area contributed by atoms with E-state index < -0.39 is 12.2 Å². The van der Waals surface area contributed by atoms with Crippen molar-refractivity contribution in [3.63, 3.8) is 0 Å². The molecule has 1 aromatic carbocycles. The average molecular weight is 304 g/mol. The van der Waals surface area contributed by atoms with Gasteiger partial charge in [0.05, 0.1) is 6.10 Å². The molecular weight excluding hydrogens is 289 g/mol. The molecule has 6 heteroatoms. The smallest absolute Gasteiger partial charge is 0.249 e. The van der Waals surface area contributed by atoms with E-state index in [0.717, 1.165) is 12.8 Å². The molecule has 0 radical (unpaired) electrons. The van der Waals surface area contributed by atoms with E-state index >= 15 is 0 Å². The third kappa shape index (κ3) is 3.83. The summed E-state index contributed by atoms with van der Waals surface area (Å²) in [5.74, 6) is -0.193. The molecule has 19 heavy (non-hydrogen) atoms. The Hall–Kier alpha value is -0.810. The topological polar surface area (TPSA) is 58.6 Å². The van der Waals surface area contributed by atoms with Crippen LogP contribution in [0.4, 0.5) is 0 Å². The fourth-order valence-electron chi connectivity index (χ4n) is 1.98. The molecule has 104 valence electrons. The zero-order valence-corrected chi connectivity index (χ0v) is 11.7. The van der Waals surface area contributed by atoms with Crippen molar-refractivity contribution in [2.75, 3.05) is 13.2 Å². The number of benzene rings is 1. The molecule has 2 atom stereocenters. The number of aliphatic hydroxyl groups is 1. The van der Waals surface area contributed by atoms with Gasteiger partial charge in [-0.05, 0) is 25.0 Å². The van der Waals surface area contributed by atoms with Crippen molar-refractivity contribution in [1.82, 2.24) is 5.32 Å². The van der Waals surface area contributed by atoms with E-state index in [9.17, 15) is 9.90 Å². The summed E-state index contributed by atoms with van der Waals surface area (Å²) in [4.78, 5) is 11.7. The van der Waals surface area contributed by atoms with Crippen LogP contribution in [0.15, 0.2) is 18.2 Å². The SMILES string of the molecule is O=C(NCC(O)c1ccc(Cl)cc1Cl)C1CCCO1. The number of aliphatic hydroxyl groups excluding tert-OH is 1. The second-order valence-electron chi connectivity index (χ2n) is 4.43. The maximum Gasteiger partial charge on any atom is 0.249 e. The third-order valence-corrected chi connectivity index (χ3v) is 3.58. The van der Waals surface area contributed by atoms with Crippen molar-refractivity contribution in [2.24, 2.45) is 0 Å². The molecule has 0 saturated carbocycles. The summed E-state index contributed by atoms with van der Waals surface area (Å²) in [6, 6.07) is 4.85. The summed E-state index contributed by atoms with van der Waals surface area (Å²) < 4.78 is 5.26. The van der Waals surface area contributed by atoms with Crippen molar-refractivity contribution in [2.45, 2.75) is 25.0 Å². The van der Waals surface area contributed by atoms with E-state index in [2.05, 4.69) is 5.32 Å². The minimum Gasteiger partial charge on any atom is -0.387 e. The number of amides is 1. The third-order valence-electron chi connectivity index (χ3n) is 3.01. The summed E-state index contributed by atoms with van der Waals surface area (Å²) >= 11 is 11.8. The molecule has 1 fully saturated rings. The van der Waals surface area contributed by atoms with E-state index in [1.807, 2.05) is 0 Å². The highest BCUT2D eigenvalue weighted by molar-refractivity contribution is 6.35. The monoisotopic (exact) mass is 303 g/mol. The first-order valence-corrected chi connectivity index (χ1v) is 6.86. The molecule has 1 aliphatic rings. The number of halogens is 2. The minimum atomic E-state index is -0.866. The number of carbonyl (C=O) groups excluding carboxylic acids is 1. The zero-order chi connectivity index (χ0) is 13.8. The molecule has 0 spiro atoms. The molecule has 0 aliphatic carbocycles. The van der Waals surface area contributed by atoms with Gasteiger partial charge in [0.2, 0.25) is 5.91 Å². The van der Waals surface area contributed by atoms with Crippen molar-refractivity contribution >= 4 is 29.1 Å². The van der Waals surface area contributed by atoms with Crippen LogP contribution in [0.1, 0.15) is 24.5 Å². The maximum absolute atomic E-state index is 11.7. The van der Waals surface area contributed by atoms with Gasteiger partial charge in [0.25, 0.3) is 0 Å². The Bertz CT molecular complexity index is 461. The predicted octanol–water partition coefficient (Wildman–Crippen LogP) is 2.32. The van der Waals surface area contributed by atoms with Crippen LogP contribution in [-0.4, -0.2) is 30.3 Å². The van der Waals surface area contributed by atoms with Crippen molar-refractivity contribution < 1.29 is 14.6 Å². The Morgan fingerprint density at radius 3 is 2.95 bits per heavy atom. The lowest BCUT2D eigenvalue weighted by Crippen LogP contribution is -2.36. The van der Waals surface area contributed by atoms with Crippen LogP contribution in [0, 0.1) is 0 Å². The van der Waals surface area contributed by atoms with Gasteiger partial charge in [0.1, 0.15) is 6.10 Å². The van der Waals surface area contributed by atoms with Gasteiger partial charge in [0, 0.05) is 28.8 Å². The van der Waals surface area contributed by atoms with Crippen LogP contribution in [-0.2, 0) is 9.53 Å². The summed E-state index contributed by atoms with van der Waals surface area (Å²) in [5.41, 5.74) is 0.540. The van der Waals surface area contributed by atoms with E-state index in [-0.39, 0.29) is 12.5 Å². The molecule has 0 aromatic heterocycles. The highest BCUT2D eigenvalue weighted by Gasteiger charge is 2.24. The van der Waals surface area contributed by atoms with Crippen LogP contribution < -0.4 is 5.32 Å². The Kier molecular flexibility index (Phi) is 5.05. The van der Waals surface area contributed by atoms with Gasteiger partial charge < -0.3 is 15.2 Å². The lowest BCUT2D eigenvalue weighted by Gasteiger charge is -2.15. The quantitative estimate of drug-likeness (QED) is 0.897. The van der Waals surface area contributed by atoms with Gasteiger partial charge in [-0.15, -0.1) is 0 Å². The normalized spacial score (nSPS) is 20.3. The largest absolute Gasteiger partial charge is 0.387 e. The van der Waals surface area contributed by atoms with Crippen molar-refractivity contribution in [1.29, 1.82) is 0 Å². The molecule has 4 nitrogen and oxygen atoms in total. The maximum atomic E-state index is 11.7. The standard InChI is InChI=1S/C13H15Cl2NO3/c14-8-3-4-9(10(15)6-8)11(17)7-16-13(18)12-2-1-5-19-12/h3-4,6,11-12,17H,1-2,5,7H2,(H,16,18). The molecule has 2 unspecified atom stereocenters. The summed E-state index contributed by atoms with van der Waals surface area (Å²) in [6.45, 7) is 0.712. The number of ether oxygens (including phenoxy) is 1. The Labute approximate surface area is 121 Å². The average Bonchev–Trinajstić information content (AvgIpc) is 2.89. The second-order valence-corrected chi connectivity index (χ2v) is 5.27. The van der Waals surface area contributed by atoms with E-state index in [1.165, 1.54) is 0 Å². The number of hydrogen-bond acceptors (Lipinski definition) is 3. The summed E-state index contributed by atoms with van der Waals surface area (Å²) in [7, 11) is 0. The first-order valence-electron chi connectivity index (χ1n) is 6.10. The lowest BCUT2D eigenvalue weighted by atomic mass is 10.1. The minimum absolute atomic E-state index is 0.0973. The first kappa shape index (κ1) is 14.6. The fraction of sp³-hybridized carbons (Fsp3) is 0.462. The predicted molar refractivity (Wildman–Crippen MR) is 73.4 cm³/mol. The van der Waals surface area contributed by atoms with Crippen LogP contribution in [0.25, 0.3) is 0 Å². The highest BCUT2D eigenvalue weighted by atomic mass is 35.5. The van der Waals surface area contributed by atoms with Crippen LogP contribution in [0.2, 0.25) is 10.0 Å². The molecule has 2 N–H and O–H groups in total. The van der Waals surface area contributed by atoms with Gasteiger partial charge in [-0.2, -0.15) is 0 Å². The Morgan fingerprint density at radius 2 is 2.32 bits per heavy atom. The number of carbonyl (C=O) groups is 1. The first-order chi connectivity index (χ1) is 9.08. The number of hydrogen-bond donors (Lipinski definition) is 2. The van der Waals surface area contributed by atoms with Gasteiger partial charge in [-0.3, -0.25) is 4.79 Å².